The molecule has 0 heterocycles. The number of Topliss-reactive ketones (excluding diaryl/α,β-unsaturated/α-hetero) is 1. The van der Waals surface area contributed by atoms with Gasteiger partial charge in [-0.3, -0.25) is 14.4 Å². The Balaban J connectivity index is 1.49. The molecule has 0 radical (unpaired) electrons. The van der Waals surface area contributed by atoms with Gasteiger partial charge in [0.25, 0.3) is 0 Å². The largest absolute Gasteiger partial charge is 0.460 e. The molecule has 0 aliphatic heterocycles. The number of fused-ring (bicyclic) bond motifs is 5. The van der Waals surface area contributed by atoms with Crippen LogP contribution in [0.5, 0.6) is 0 Å². The minimum Gasteiger partial charge on any atom is -0.460 e. The summed E-state index contributed by atoms with van der Waals surface area (Å²) in [4.78, 5) is 64.2. The van der Waals surface area contributed by atoms with Gasteiger partial charge >= 0.3 is 18.0 Å². The van der Waals surface area contributed by atoms with Crippen LogP contribution in [0, 0.1) is 34.5 Å². The van der Waals surface area contributed by atoms with Gasteiger partial charge in [-0.25, -0.2) is 9.59 Å². The van der Waals surface area contributed by atoms with E-state index < -0.39 is 70.2 Å². The summed E-state index contributed by atoms with van der Waals surface area (Å²) in [5.41, 5.74) is -4.08. The van der Waals surface area contributed by atoms with Crippen LogP contribution < -0.4 is 5.32 Å². The average Bonchev–Trinajstić information content (AvgIpc) is 3.22. The Hall–Kier alpha value is -3.05. The van der Waals surface area contributed by atoms with Gasteiger partial charge in [0, 0.05) is 17.3 Å². The van der Waals surface area contributed by atoms with E-state index in [-0.39, 0.29) is 48.7 Å². The summed E-state index contributed by atoms with van der Waals surface area (Å²) in [5.74, 6) is -2.24. The molecule has 9 atom stereocenters. The summed E-state index contributed by atoms with van der Waals surface area (Å²) in [6.07, 6.45) is 4.72. The second-order valence-electron chi connectivity index (χ2n) is 16.4. The normalized spacial score (nSPS) is 35.4. The second kappa shape index (κ2) is 12.8. The molecule has 1 amide bonds. The SMILES string of the molecule is C[C@H]1CC2C3CC[C@](O)(C(=O)COC(=O)C(CCC(=O)OC(C)(C)C)NC(=O)OC(C)(C)C)[C@@]3(C)C(O)CC2[C@@]2(C)C=CC(=O)C=C12. The number of esters is 2. The first-order chi connectivity index (χ1) is 21.5. The van der Waals surface area contributed by atoms with Crippen LogP contribution in [0.3, 0.4) is 0 Å². The highest BCUT2D eigenvalue weighted by Gasteiger charge is 2.70. The molecule has 4 aliphatic rings. The number of carbonyl (C=O) groups excluding carboxylic acids is 5. The van der Waals surface area contributed by atoms with Crippen molar-refractivity contribution in [3.05, 3.63) is 23.8 Å². The molecule has 11 heteroatoms. The van der Waals surface area contributed by atoms with E-state index in [1.165, 1.54) is 0 Å². The van der Waals surface area contributed by atoms with Crippen LogP contribution in [0.2, 0.25) is 0 Å². The molecular formula is C36H53NO10. The molecular weight excluding hydrogens is 606 g/mol. The van der Waals surface area contributed by atoms with Crippen LogP contribution in [0.25, 0.3) is 0 Å². The van der Waals surface area contributed by atoms with Gasteiger partial charge in [-0.1, -0.05) is 32.4 Å². The fourth-order valence-corrected chi connectivity index (χ4v) is 8.78. The second-order valence-corrected chi connectivity index (χ2v) is 16.4. The number of aliphatic hydroxyl groups is 2. The summed E-state index contributed by atoms with van der Waals surface area (Å²) >= 11 is 0. The molecule has 4 aliphatic carbocycles. The highest BCUT2D eigenvalue weighted by molar-refractivity contribution is 6.01. The van der Waals surface area contributed by atoms with Crippen molar-refractivity contribution in [2.24, 2.45) is 34.5 Å². The zero-order valence-electron chi connectivity index (χ0n) is 29.3. The molecule has 3 fully saturated rings. The number of aliphatic hydroxyl groups excluding tert-OH is 1. The highest BCUT2D eigenvalue weighted by Crippen LogP contribution is 2.67. The quantitative estimate of drug-likeness (QED) is 0.252. The van der Waals surface area contributed by atoms with E-state index >= 15 is 0 Å². The Kier molecular flexibility index (Phi) is 9.99. The molecule has 0 spiro atoms. The van der Waals surface area contributed by atoms with Gasteiger partial charge in [0.1, 0.15) is 22.8 Å². The van der Waals surface area contributed by atoms with E-state index in [4.69, 9.17) is 14.2 Å². The molecule has 5 unspecified atom stereocenters. The third-order valence-corrected chi connectivity index (χ3v) is 11.0. The lowest BCUT2D eigenvalue weighted by Gasteiger charge is -2.60. The molecule has 3 saturated carbocycles. The van der Waals surface area contributed by atoms with Crippen molar-refractivity contribution in [1.82, 2.24) is 5.32 Å². The first-order valence-corrected chi connectivity index (χ1v) is 16.8. The Labute approximate surface area is 277 Å². The van der Waals surface area contributed by atoms with E-state index in [1.54, 1.807) is 60.6 Å². The number of hydrogen-bond donors (Lipinski definition) is 3. The number of hydrogen-bond acceptors (Lipinski definition) is 10. The van der Waals surface area contributed by atoms with Crippen LogP contribution in [-0.4, -0.2) is 75.4 Å². The Bertz CT molecular complexity index is 1350. The van der Waals surface area contributed by atoms with Gasteiger partial charge in [0.2, 0.25) is 5.78 Å². The van der Waals surface area contributed by atoms with Crippen molar-refractivity contribution in [2.45, 2.75) is 130 Å². The summed E-state index contributed by atoms with van der Waals surface area (Å²) < 4.78 is 16.0. The molecule has 262 valence electrons. The fraction of sp³-hybridized carbons (Fsp3) is 0.750. The number of carbonyl (C=O) groups is 5. The van der Waals surface area contributed by atoms with Gasteiger partial charge in [-0.05, 0) is 109 Å². The maximum absolute atomic E-state index is 13.8. The van der Waals surface area contributed by atoms with E-state index in [2.05, 4.69) is 19.2 Å². The maximum Gasteiger partial charge on any atom is 0.408 e. The Morgan fingerprint density at radius 3 is 2.28 bits per heavy atom. The van der Waals surface area contributed by atoms with Gasteiger partial charge in [0.15, 0.2) is 12.4 Å². The summed E-state index contributed by atoms with van der Waals surface area (Å²) in [7, 11) is 0. The summed E-state index contributed by atoms with van der Waals surface area (Å²) in [6.45, 7) is 15.3. The number of alkyl carbamates (subject to hydrolysis) is 1. The minimum absolute atomic E-state index is 0.0299. The molecule has 47 heavy (non-hydrogen) atoms. The van der Waals surface area contributed by atoms with Crippen molar-refractivity contribution < 1.29 is 48.4 Å². The number of ether oxygens (including phenoxy) is 3. The number of rotatable bonds is 8. The van der Waals surface area contributed by atoms with Gasteiger partial charge in [0.05, 0.1) is 6.10 Å². The lowest BCUT2D eigenvalue weighted by molar-refractivity contribution is -0.195. The van der Waals surface area contributed by atoms with Crippen molar-refractivity contribution in [2.75, 3.05) is 6.61 Å². The predicted octanol–water partition coefficient (Wildman–Crippen LogP) is 4.37. The van der Waals surface area contributed by atoms with E-state index in [1.807, 2.05) is 6.08 Å². The van der Waals surface area contributed by atoms with Crippen molar-refractivity contribution in [1.29, 1.82) is 0 Å². The molecule has 4 rings (SSSR count). The molecule has 0 aromatic carbocycles. The molecule has 0 bridgehead atoms. The number of allylic oxidation sites excluding steroid dienone is 4. The molecule has 0 aromatic rings. The topological polar surface area (TPSA) is 166 Å². The van der Waals surface area contributed by atoms with E-state index in [9.17, 15) is 34.2 Å². The van der Waals surface area contributed by atoms with E-state index in [0.29, 0.717) is 12.8 Å². The predicted molar refractivity (Wildman–Crippen MR) is 172 cm³/mol. The number of nitrogens with one attached hydrogen (secondary N) is 1. The van der Waals surface area contributed by atoms with Crippen LogP contribution in [0.1, 0.15) is 101 Å². The van der Waals surface area contributed by atoms with Gasteiger partial charge in [-0.2, -0.15) is 0 Å². The Morgan fingerprint density at radius 1 is 1.02 bits per heavy atom. The third-order valence-electron chi connectivity index (χ3n) is 11.0. The van der Waals surface area contributed by atoms with Crippen LogP contribution in [-0.2, 0) is 33.4 Å². The first kappa shape index (κ1) is 36.8. The molecule has 0 aromatic heterocycles. The van der Waals surface area contributed by atoms with E-state index in [0.717, 1.165) is 12.0 Å². The van der Waals surface area contributed by atoms with Crippen LogP contribution in [0.15, 0.2) is 23.8 Å². The highest BCUT2D eigenvalue weighted by atomic mass is 16.6. The minimum atomic E-state index is -1.95. The summed E-state index contributed by atoms with van der Waals surface area (Å²) in [5, 5.41) is 26.2. The zero-order chi connectivity index (χ0) is 35.3. The fourth-order valence-electron chi connectivity index (χ4n) is 8.78. The molecule has 3 N–H and O–H groups in total. The molecule has 11 nitrogen and oxygen atoms in total. The zero-order valence-corrected chi connectivity index (χ0v) is 29.3. The summed E-state index contributed by atoms with van der Waals surface area (Å²) in [6, 6.07) is -1.32. The van der Waals surface area contributed by atoms with Crippen molar-refractivity contribution >= 4 is 29.6 Å². The third kappa shape index (κ3) is 7.21. The van der Waals surface area contributed by atoms with Crippen LogP contribution in [0.4, 0.5) is 4.79 Å². The smallest absolute Gasteiger partial charge is 0.408 e. The van der Waals surface area contributed by atoms with Crippen LogP contribution >= 0.6 is 0 Å². The number of ketones is 2. The standard InChI is InChI=1S/C36H53NO10/c1-20-16-22-23-13-15-36(44,35(23,9)27(39)18-25(22)34(8)14-12-21(38)17-24(20)34)28(40)19-45-30(42)26(37-31(43)47-33(5,6)7)10-11-29(41)46-32(2,3)4/h12,14,17,20,22-23,25-27,39,44H,10-11,13,15-16,18-19H2,1-9H3,(H,37,43)/t20-,22?,23?,25?,26?,27?,34-,35+,36-/m0/s1. The van der Waals surface area contributed by atoms with Gasteiger partial charge in [-0.15, -0.1) is 0 Å². The first-order valence-electron chi connectivity index (χ1n) is 16.8. The molecule has 0 saturated heterocycles. The van der Waals surface area contributed by atoms with Crippen molar-refractivity contribution in [3.8, 4) is 0 Å². The van der Waals surface area contributed by atoms with Gasteiger partial charge < -0.3 is 29.7 Å². The number of amides is 1. The van der Waals surface area contributed by atoms with Crippen molar-refractivity contribution in [3.63, 3.8) is 0 Å². The lowest BCUT2D eigenvalue weighted by atomic mass is 9.45. The maximum atomic E-state index is 13.8. The lowest BCUT2D eigenvalue weighted by Crippen LogP contribution is -2.64. The monoisotopic (exact) mass is 659 g/mol. The average molecular weight is 660 g/mol. The Morgan fingerprint density at radius 2 is 1.66 bits per heavy atom.